The van der Waals surface area contributed by atoms with E-state index in [0.717, 1.165) is 13.0 Å². The highest BCUT2D eigenvalue weighted by Gasteiger charge is 2.40. The van der Waals surface area contributed by atoms with Crippen LogP contribution < -0.4 is 5.32 Å². The Morgan fingerprint density at radius 3 is 2.73 bits per heavy atom. The maximum atomic E-state index is 11.9. The minimum atomic E-state index is -0.355. The Morgan fingerprint density at radius 2 is 2.07 bits per heavy atom. The number of fused-ring (bicyclic) bond motifs is 2. The number of ether oxygens (including phenoxy) is 1. The fourth-order valence-electron chi connectivity index (χ4n) is 2.68. The normalized spacial score (nSPS) is 35.3. The molecule has 0 aromatic rings. The molecule has 0 aromatic heterocycles. The summed E-state index contributed by atoms with van der Waals surface area (Å²) in [4.78, 5) is 11.9. The molecule has 3 atom stereocenters. The zero-order valence-electron chi connectivity index (χ0n) is 9.88. The molecule has 0 radical (unpaired) electrons. The molecule has 2 rings (SSSR count). The Balaban J connectivity index is 1.95. The van der Waals surface area contributed by atoms with Gasteiger partial charge < -0.3 is 10.1 Å². The molecule has 3 heteroatoms. The van der Waals surface area contributed by atoms with Crippen LogP contribution in [0.2, 0.25) is 0 Å². The van der Waals surface area contributed by atoms with Crippen LogP contribution in [0.25, 0.3) is 0 Å². The van der Waals surface area contributed by atoms with Gasteiger partial charge in [-0.2, -0.15) is 0 Å². The lowest BCUT2D eigenvalue weighted by Crippen LogP contribution is -2.44. The van der Waals surface area contributed by atoms with Crippen LogP contribution in [0.4, 0.5) is 0 Å². The lowest BCUT2D eigenvalue weighted by Gasteiger charge is -2.30. The standard InChI is InChI=1S/C12H21NO2/c1-12(2,3)15-11(14)10-7-13-9-5-4-8(10)6-9/h8-10,13H,4-7H2,1-3H3. The minimum Gasteiger partial charge on any atom is -0.460 e. The summed E-state index contributed by atoms with van der Waals surface area (Å²) in [7, 11) is 0. The third kappa shape index (κ3) is 2.51. The maximum Gasteiger partial charge on any atom is 0.311 e. The van der Waals surface area contributed by atoms with Gasteiger partial charge in [0.2, 0.25) is 0 Å². The highest BCUT2D eigenvalue weighted by atomic mass is 16.6. The molecule has 3 nitrogen and oxygen atoms in total. The van der Waals surface area contributed by atoms with Gasteiger partial charge >= 0.3 is 5.97 Å². The van der Waals surface area contributed by atoms with E-state index in [0.29, 0.717) is 12.0 Å². The van der Waals surface area contributed by atoms with E-state index in [-0.39, 0.29) is 17.5 Å². The lowest BCUT2D eigenvalue weighted by molar-refractivity contribution is -0.162. The van der Waals surface area contributed by atoms with Gasteiger partial charge in [-0.25, -0.2) is 0 Å². The van der Waals surface area contributed by atoms with E-state index in [1.807, 2.05) is 20.8 Å². The van der Waals surface area contributed by atoms with E-state index >= 15 is 0 Å². The third-order valence-corrected chi connectivity index (χ3v) is 3.38. The van der Waals surface area contributed by atoms with Crippen molar-refractivity contribution in [2.75, 3.05) is 6.54 Å². The maximum absolute atomic E-state index is 11.9. The first-order valence-corrected chi connectivity index (χ1v) is 5.92. The van der Waals surface area contributed by atoms with E-state index < -0.39 is 0 Å². The molecule has 3 unspecified atom stereocenters. The Hall–Kier alpha value is -0.570. The summed E-state index contributed by atoms with van der Waals surface area (Å²) in [6.07, 6.45) is 3.56. The molecule has 0 amide bonds. The number of rotatable bonds is 1. The van der Waals surface area contributed by atoms with Crippen molar-refractivity contribution in [3.63, 3.8) is 0 Å². The van der Waals surface area contributed by atoms with Crippen molar-refractivity contribution in [1.82, 2.24) is 5.32 Å². The summed E-state index contributed by atoms with van der Waals surface area (Å²) in [5.74, 6) is 0.634. The van der Waals surface area contributed by atoms with Gasteiger partial charge in [0.15, 0.2) is 0 Å². The van der Waals surface area contributed by atoms with Crippen molar-refractivity contribution >= 4 is 5.97 Å². The number of esters is 1. The molecule has 2 bridgehead atoms. The van der Waals surface area contributed by atoms with Gasteiger partial charge in [0.05, 0.1) is 5.92 Å². The van der Waals surface area contributed by atoms with Gasteiger partial charge in [-0.3, -0.25) is 4.79 Å². The van der Waals surface area contributed by atoms with Crippen LogP contribution in [-0.4, -0.2) is 24.2 Å². The summed E-state index contributed by atoms with van der Waals surface area (Å²) < 4.78 is 5.45. The molecule has 86 valence electrons. The molecule has 2 aliphatic rings. The highest BCUT2D eigenvalue weighted by Crippen LogP contribution is 2.36. The predicted molar refractivity (Wildman–Crippen MR) is 58.5 cm³/mol. The van der Waals surface area contributed by atoms with E-state index in [9.17, 15) is 4.79 Å². The van der Waals surface area contributed by atoms with Crippen molar-refractivity contribution < 1.29 is 9.53 Å². The first kappa shape index (κ1) is 10.9. The van der Waals surface area contributed by atoms with Gasteiger partial charge in [-0.05, 0) is 46.0 Å². The predicted octanol–water partition coefficient (Wildman–Crippen LogP) is 1.72. The second-order valence-corrected chi connectivity index (χ2v) is 5.82. The largest absolute Gasteiger partial charge is 0.460 e. The fourth-order valence-corrected chi connectivity index (χ4v) is 2.68. The zero-order chi connectivity index (χ0) is 11.1. The van der Waals surface area contributed by atoms with Gasteiger partial charge in [0.25, 0.3) is 0 Å². The molecule has 15 heavy (non-hydrogen) atoms. The highest BCUT2D eigenvalue weighted by molar-refractivity contribution is 5.73. The third-order valence-electron chi connectivity index (χ3n) is 3.38. The fraction of sp³-hybridized carbons (Fsp3) is 0.917. The lowest BCUT2D eigenvalue weighted by atomic mass is 9.88. The van der Waals surface area contributed by atoms with Crippen LogP contribution in [0.3, 0.4) is 0 Å². The molecule has 0 spiro atoms. The molecule has 2 fully saturated rings. The van der Waals surface area contributed by atoms with Crippen molar-refractivity contribution in [3.05, 3.63) is 0 Å². The number of carbonyl (C=O) groups excluding carboxylic acids is 1. The Labute approximate surface area is 91.6 Å². The Morgan fingerprint density at radius 1 is 1.33 bits per heavy atom. The van der Waals surface area contributed by atoms with Crippen LogP contribution >= 0.6 is 0 Å². The van der Waals surface area contributed by atoms with Crippen molar-refractivity contribution in [3.8, 4) is 0 Å². The van der Waals surface area contributed by atoms with Crippen LogP contribution in [0.5, 0.6) is 0 Å². The summed E-state index contributed by atoms with van der Waals surface area (Å²) in [6.45, 7) is 6.60. The molecule has 1 saturated carbocycles. The summed E-state index contributed by atoms with van der Waals surface area (Å²) in [6, 6.07) is 0.661. The number of piperidine rings is 1. The van der Waals surface area contributed by atoms with E-state index in [1.165, 1.54) is 12.8 Å². The Bertz CT molecular complexity index is 257. The van der Waals surface area contributed by atoms with Gasteiger partial charge in [0, 0.05) is 12.6 Å². The molecule has 1 aliphatic heterocycles. The molecular formula is C12H21NO2. The summed E-state index contributed by atoms with van der Waals surface area (Å²) in [5.41, 5.74) is -0.355. The van der Waals surface area contributed by atoms with Crippen LogP contribution in [0.15, 0.2) is 0 Å². The molecule has 1 aliphatic carbocycles. The number of carbonyl (C=O) groups is 1. The smallest absolute Gasteiger partial charge is 0.311 e. The SMILES string of the molecule is CC(C)(C)OC(=O)C1CNC2CCC1C2. The van der Waals surface area contributed by atoms with Gasteiger partial charge in [-0.15, -0.1) is 0 Å². The topological polar surface area (TPSA) is 38.3 Å². The van der Waals surface area contributed by atoms with Crippen molar-refractivity contribution in [2.45, 2.75) is 51.7 Å². The van der Waals surface area contributed by atoms with Crippen molar-refractivity contribution in [1.29, 1.82) is 0 Å². The Kier molecular flexibility index (Phi) is 2.75. The van der Waals surface area contributed by atoms with Gasteiger partial charge in [-0.1, -0.05) is 0 Å². The van der Waals surface area contributed by atoms with Crippen LogP contribution in [0.1, 0.15) is 40.0 Å². The van der Waals surface area contributed by atoms with Crippen LogP contribution in [-0.2, 0) is 9.53 Å². The minimum absolute atomic E-state index is 0.0136. The quantitative estimate of drug-likeness (QED) is 0.671. The van der Waals surface area contributed by atoms with Gasteiger partial charge in [0.1, 0.15) is 5.60 Å². The first-order valence-electron chi connectivity index (χ1n) is 5.92. The molecule has 1 saturated heterocycles. The molecule has 1 heterocycles. The average molecular weight is 211 g/mol. The van der Waals surface area contributed by atoms with E-state index in [2.05, 4.69) is 5.32 Å². The van der Waals surface area contributed by atoms with E-state index in [4.69, 9.17) is 4.74 Å². The number of nitrogens with one attached hydrogen (secondary N) is 1. The average Bonchev–Trinajstić information content (AvgIpc) is 2.45. The van der Waals surface area contributed by atoms with Crippen molar-refractivity contribution in [2.24, 2.45) is 11.8 Å². The summed E-state index contributed by atoms with van der Waals surface area (Å²) in [5, 5.41) is 3.43. The first-order chi connectivity index (χ1) is 6.96. The second-order valence-electron chi connectivity index (χ2n) is 5.82. The monoisotopic (exact) mass is 211 g/mol. The number of hydrogen-bond acceptors (Lipinski definition) is 3. The molecular weight excluding hydrogens is 190 g/mol. The van der Waals surface area contributed by atoms with E-state index in [1.54, 1.807) is 0 Å². The zero-order valence-corrected chi connectivity index (χ0v) is 9.88. The molecule has 1 N–H and O–H groups in total. The molecule has 0 aromatic carbocycles. The second kappa shape index (κ2) is 3.78. The number of hydrogen-bond donors (Lipinski definition) is 1. The van der Waals surface area contributed by atoms with Crippen LogP contribution in [0, 0.1) is 11.8 Å². The summed E-state index contributed by atoms with van der Waals surface area (Å²) >= 11 is 0.